The summed E-state index contributed by atoms with van der Waals surface area (Å²) in [7, 11) is 3.60. The van der Waals surface area contributed by atoms with Gasteiger partial charge in [-0.05, 0) is 20.4 Å². The average Bonchev–Trinajstić information content (AvgIpc) is 2.56. The summed E-state index contributed by atoms with van der Waals surface area (Å²) in [6.45, 7) is 7.92. The normalized spacial score (nSPS) is 20.8. The van der Waals surface area contributed by atoms with Crippen LogP contribution in [0.2, 0.25) is 0 Å². The highest BCUT2D eigenvalue weighted by atomic mass is 16.5. The van der Waals surface area contributed by atoms with Crippen LogP contribution in [0.3, 0.4) is 0 Å². The SMILES string of the molecule is CCC(C)(C(NC)c1nccnc1OC)N1CCOCC1. The zero-order valence-electron chi connectivity index (χ0n) is 13.4. The van der Waals surface area contributed by atoms with Crippen molar-refractivity contribution in [1.29, 1.82) is 0 Å². The number of hydrogen-bond donors (Lipinski definition) is 1. The molecule has 1 aromatic rings. The van der Waals surface area contributed by atoms with E-state index in [1.54, 1.807) is 19.5 Å². The van der Waals surface area contributed by atoms with Gasteiger partial charge in [0.1, 0.15) is 5.69 Å². The van der Waals surface area contributed by atoms with Gasteiger partial charge in [-0.2, -0.15) is 0 Å². The van der Waals surface area contributed by atoms with Crippen LogP contribution in [0.5, 0.6) is 5.88 Å². The number of nitrogens with zero attached hydrogens (tertiary/aromatic N) is 3. The van der Waals surface area contributed by atoms with Crippen molar-refractivity contribution in [3.05, 3.63) is 18.1 Å². The first kappa shape index (κ1) is 16.1. The molecule has 2 atom stereocenters. The maximum absolute atomic E-state index is 5.49. The number of aromatic nitrogens is 2. The fraction of sp³-hybridized carbons (Fsp3) is 0.733. The van der Waals surface area contributed by atoms with Crippen LogP contribution in [0.15, 0.2) is 12.4 Å². The molecule has 6 heteroatoms. The highest BCUT2D eigenvalue weighted by Crippen LogP contribution is 2.36. The van der Waals surface area contributed by atoms with Crippen molar-refractivity contribution in [1.82, 2.24) is 20.2 Å². The summed E-state index contributed by atoms with van der Waals surface area (Å²) < 4.78 is 10.9. The van der Waals surface area contributed by atoms with E-state index in [0.29, 0.717) is 5.88 Å². The average molecular weight is 294 g/mol. The zero-order chi connectivity index (χ0) is 15.3. The van der Waals surface area contributed by atoms with Gasteiger partial charge in [0.2, 0.25) is 5.88 Å². The number of morpholine rings is 1. The molecule has 1 aromatic heterocycles. The number of methoxy groups -OCH3 is 1. The van der Waals surface area contributed by atoms with Gasteiger partial charge in [0, 0.05) is 31.0 Å². The molecule has 118 valence electrons. The molecule has 0 saturated carbocycles. The molecule has 21 heavy (non-hydrogen) atoms. The summed E-state index contributed by atoms with van der Waals surface area (Å²) in [5, 5.41) is 3.42. The monoisotopic (exact) mass is 294 g/mol. The lowest BCUT2D eigenvalue weighted by Crippen LogP contribution is -2.57. The molecule has 6 nitrogen and oxygen atoms in total. The first-order valence-corrected chi connectivity index (χ1v) is 7.52. The fourth-order valence-corrected chi connectivity index (χ4v) is 3.12. The molecule has 1 saturated heterocycles. The van der Waals surface area contributed by atoms with Crippen molar-refractivity contribution in [3.8, 4) is 5.88 Å². The van der Waals surface area contributed by atoms with E-state index in [2.05, 4.69) is 34.0 Å². The van der Waals surface area contributed by atoms with Gasteiger partial charge in [-0.1, -0.05) is 6.92 Å². The Labute approximate surface area is 126 Å². The molecule has 2 unspecified atom stereocenters. The minimum absolute atomic E-state index is 0.0456. The van der Waals surface area contributed by atoms with E-state index in [-0.39, 0.29) is 11.6 Å². The smallest absolute Gasteiger partial charge is 0.237 e. The summed E-state index contributed by atoms with van der Waals surface area (Å²) in [4.78, 5) is 11.3. The van der Waals surface area contributed by atoms with E-state index in [4.69, 9.17) is 9.47 Å². The summed E-state index contributed by atoms with van der Waals surface area (Å²) >= 11 is 0. The topological polar surface area (TPSA) is 59.5 Å². The molecule has 0 radical (unpaired) electrons. The number of hydrogen-bond acceptors (Lipinski definition) is 6. The van der Waals surface area contributed by atoms with E-state index in [0.717, 1.165) is 38.4 Å². The number of nitrogens with one attached hydrogen (secondary N) is 1. The molecule has 2 heterocycles. The standard InChI is InChI=1S/C15H26N4O2/c1-5-15(2,19-8-10-21-11-9-19)13(16-3)12-14(20-4)18-7-6-17-12/h6-7,13,16H,5,8-11H2,1-4H3. The van der Waals surface area contributed by atoms with Crippen molar-refractivity contribution < 1.29 is 9.47 Å². The first-order valence-electron chi connectivity index (χ1n) is 7.52. The van der Waals surface area contributed by atoms with Gasteiger partial charge in [-0.25, -0.2) is 4.98 Å². The van der Waals surface area contributed by atoms with Crippen molar-refractivity contribution in [3.63, 3.8) is 0 Å². The summed E-state index contributed by atoms with van der Waals surface area (Å²) in [5.74, 6) is 0.588. The maximum Gasteiger partial charge on any atom is 0.237 e. The van der Waals surface area contributed by atoms with Crippen molar-refractivity contribution in [2.45, 2.75) is 31.8 Å². The van der Waals surface area contributed by atoms with Crippen LogP contribution in [0.25, 0.3) is 0 Å². The molecule has 1 aliphatic heterocycles. The Balaban J connectivity index is 2.36. The third-order valence-corrected chi connectivity index (χ3v) is 4.52. The minimum atomic E-state index is -0.0676. The molecule has 1 N–H and O–H groups in total. The largest absolute Gasteiger partial charge is 0.480 e. The predicted molar refractivity (Wildman–Crippen MR) is 81.5 cm³/mol. The van der Waals surface area contributed by atoms with E-state index in [1.807, 2.05) is 7.05 Å². The van der Waals surface area contributed by atoms with Crippen molar-refractivity contribution >= 4 is 0 Å². The molecule has 2 rings (SSSR count). The molecule has 0 aliphatic carbocycles. The minimum Gasteiger partial charge on any atom is -0.480 e. The fourth-order valence-electron chi connectivity index (χ4n) is 3.12. The zero-order valence-corrected chi connectivity index (χ0v) is 13.4. The lowest BCUT2D eigenvalue weighted by atomic mass is 9.84. The Morgan fingerprint density at radius 2 is 2.05 bits per heavy atom. The number of rotatable bonds is 6. The van der Waals surface area contributed by atoms with E-state index in [1.165, 1.54) is 0 Å². The Hall–Kier alpha value is -1.24. The van der Waals surface area contributed by atoms with Crippen LogP contribution >= 0.6 is 0 Å². The molecule has 1 fully saturated rings. The predicted octanol–water partition coefficient (Wildman–Crippen LogP) is 1.25. The lowest BCUT2D eigenvalue weighted by molar-refractivity contribution is -0.0328. The van der Waals surface area contributed by atoms with Crippen LogP contribution in [0.4, 0.5) is 0 Å². The second-order valence-electron chi connectivity index (χ2n) is 5.48. The number of likely N-dealkylation sites (N-methyl/N-ethyl adjacent to an activating group) is 1. The van der Waals surface area contributed by atoms with Crippen LogP contribution < -0.4 is 10.1 Å². The van der Waals surface area contributed by atoms with Gasteiger partial charge in [-0.3, -0.25) is 9.88 Å². The Bertz CT molecular complexity index is 451. The first-order chi connectivity index (χ1) is 10.2. The van der Waals surface area contributed by atoms with E-state index < -0.39 is 0 Å². The third-order valence-electron chi connectivity index (χ3n) is 4.52. The second-order valence-corrected chi connectivity index (χ2v) is 5.48. The highest BCUT2D eigenvalue weighted by molar-refractivity contribution is 5.25. The van der Waals surface area contributed by atoms with Gasteiger partial charge in [0.05, 0.1) is 26.4 Å². The van der Waals surface area contributed by atoms with Gasteiger partial charge in [0.15, 0.2) is 0 Å². The van der Waals surface area contributed by atoms with Gasteiger partial charge in [-0.15, -0.1) is 0 Å². The molecule has 1 aliphatic rings. The summed E-state index contributed by atoms with van der Waals surface area (Å²) in [6, 6.07) is 0.0456. The van der Waals surface area contributed by atoms with Crippen LogP contribution in [-0.2, 0) is 4.74 Å². The van der Waals surface area contributed by atoms with Crippen LogP contribution in [-0.4, -0.2) is 60.9 Å². The Kier molecular flexibility index (Phi) is 5.50. The van der Waals surface area contributed by atoms with Crippen molar-refractivity contribution in [2.75, 3.05) is 40.5 Å². The summed E-state index contributed by atoms with van der Waals surface area (Å²) in [6.07, 6.45) is 4.38. The Morgan fingerprint density at radius 3 is 2.62 bits per heavy atom. The van der Waals surface area contributed by atoms with Crippen molar-refractivity contribution in [2.24, 2.45) is 0 Å². The van der Waals surface area contributed by atoms with E-state index >= 15 is 0 Å². The van der Waals surface area contributed by atoms with E-state index in [9.17, 15) is 0 Å². The van der Waals surface area contributed by atoms with Gasteiger partial charge in [0.25, 0.3) is 0 Å². The number of ether oxygens (including phenoxy) is 2. The maximum atomic E-state index is 5.49. The quantitative estimate of drug-likeness (QED) is 0.852. The van der Waals surface area contributed by atoms with Gasteiger partial charge < -0.3 is 14.8 Å². The molecule has 0 aromatic carbocycles. The molecular weight excluding hydrogens is 268 g/mol. The second kappa shape index (κ2) is 7.15. The summed E-state index contributed by atoms with van der Waals surface area (Å²) in [5.41, 5.74) is 0.792. The molecular formula is C15H26N4O2. The molecule has 0 spiro atoms. The van der Waals surface area contributed by atoms with Gasteiger partial charge >= 0.3 is 0 Å². The molecule has 0 bridgehead atoms. The van der Waals surface area contributed by atoms with Crippen LogP contribution in [0, 0.1) is 0 Å². The highest BCUT2D eigenvalue weighted by Gasteiger charge is 2.41. The Morgan fingerprint density at radius 1 is 1.38 bits per heavy atom. The third kappa shape index (κ3) is 3.17. The molecule has 0 amide bonds. The van der Waals surface area contributed by atoms with Crippen LogP contribution in [0.1, 0.15) is 32.0 Å². The lowest BCUT2D eigenvalue weighted by Gasteiger charge is -2.47.